The third kappa shape index (κ3) is 3.53. The van der Waals surface area contributed by atoms with Crippen molar-refractivity contribution in [1.82, 2.24) is 4.57 Å². The smallest absolute Gasteiger partial charge is 0.307 e. The highest BCUT2D eigenvalue weighted by molar-refractivity contribution is 7.07. The third-order valence-electron chi connectivity index (χ3n) is 2.50. The minimum absolute atomic E-state index is 0.0701. The monoisotopic (exact) mass is 273 g/mol. The molecule has 6 heteroatoms. The maximum Gasteiger partial charge on any atom is 0.307 e. The number of amides is 1. The van der Waals surface area contributed by atoms with Crippen molar-refractivity contribution in [3.05, 3.63) is 51.1 Å². The van der Waals surface area contributed by atoms with Crippen LogP contribution in [0.3, 0.4) is 0 Å². The highest BCUT2D eigenvalue weighted by Gasteiger charge is 2.04. The predicted octanol–water partition coefficient (Wildman–Crippen LogP) is 1.81. The number of carbonyl (C=O) groups is 1. The van der Waals surface area contributed by atoms with Gasteiger partial charge in [-0.15, -0.1) is 0 Å². The number of carbonyl (C=O) groups excluding carboxylic acids is 1. The van der Waals surface area contributed by atoms with Gasteiger partial charge in [-0.2, -0.15) is 5.26 Å². The summed E-state index contributed by atoms with van der Waals surface area (Å²) in [6.45, 7) is 0.353. The molecule has 1 heterocycles. The Balaban J connectivity index is 1.93. The number of nitriles is 1. The summed E-state index contributed by atoms with van der Waals surface area (Å²) < 4.78 is 1.50. The van der Waals surface area contributed by atoms with Crippen LogP contribution in [-0.4, -0.2) is 10.5 Å². The standard InChI is InChI=1S/C13H11N3O2S/c14-9-10-2-1-3-11(8-10)15-12(17)4-5-16-6-7-19-13(16)18/h1-3,6-8H,4-5H2,(H,15,17). The molecule has 0 aliphatic carbocycles. The van der Waals surface area contributed by atoms with E-state index in [2.05, 4.69) is 5.32 Å². The first kappa shape index (κ1) is 13.1. The Kier molecular flexibility index (Phi) is 4.11. The molecule has 0 atom stereocenters. The molecule has 0 aliphatic rings. The SMILES string of the molecule is N#Cc1cccc(NC(=O)CCn2ccsc2=O)c1. The van der Waals surface area contributed by atoms with Crippen molar-refractivity contribution in [3.8, 4) is 6.07 Å². The number of thiazole rings is 1. The minimum Gasteiger partial charge on any atom is -0.326 e. The fourth-order valence-corrected chi connectivity index (χ4v) is 2.18. The van der Waals surface area contributed by atoms with Crippen molar-refractivity contribution in [3.63, 3.8) is 0 Å². The van der Waals surface area contributed by atoms with E-state index in [1.165, 1.54) is 4.57 Å². The molecule has 0 radical (unpaired) electrons. The van der Waals surface area contributed by atoms with Crippen LogP contribution in [-0.2, 0) is 11.3 Å². The quantitative estimate of drug-likeness (QED) is 0.923. The zero-order valence-corrected chi connectivity index (χ0v) is 10.8. The molecule has 96 valence electrons. The van der Waals surface area contributed by atoms with Gasteiger partial charge >= 0.3 is 4.87 Å². The molecule has 0 saturated heterocycles. The third-order valence-corrected chi connectivity index (χ3v) is 3.19. The summed E-state index contributed by atoms with van der Waals surface area (Å²) in [5, 5.41) is 13.1. The number of aryl methyl sites for hydroxylation is 1. The largest absolute Gasteiger partial charge is 0.326 e. The van der Waals surface area contributed by atoms with Gasteiger partial charge in [-0.25, -0.2) is 0 Å². The highest BCUT2D eigenvalue weighted by atomic mass is 32.1. The molecule has 5 nitrogen and oxygen atoms in total. The number of nitrogens with one attached hydrogen (secondary N) is 1. The Morgan fingerprint density at radius 2 is 2.32 bits per heavy atom. The lowest BCUT2D eigenvalue weighted by atomic mass is 10.2. The van der Waals surface area contributed by atoms with E-state index < -0.39 is 0 Å². The second-order valence-corrected chi connectivity index (χ2v) is 4.71. The molecule has 19 heavy (non-hydrogen) atoms. The van der Waals surface area contributed by atoms with Gasteiger partial charge in [-0.1, -0.05) is 17.4 Å². The lowest BCUT2D eigenvalue weighted by Crippen LogP contribution is -2.18. The van der Waals surface area contributed by atoms with E-state index in [0.29, 0.717) is 17.8 Å². The van der Waals surface area contributed by atoms with Crippen LogP contribution in [0.25, 0.3) is 0 Å². The Bertz CT molecular complexity index is 681. The summed E-state index contributed by atoms with van der Waals surface area (Å²) in [7, 11) is 0. The van der Waals surface area contributed by atoms with Crippen molar-refractivity contribution >= 4 is 22.9 Å². The summed E-state index contributed by atoms with van der Waals surface area (Å²) in [4.78, 5) is 22.9. The predicted molar refractivity (Wildman–Crippen MR) is 73.0 cm³/mol. The topological polar surface area (TPSA) is 74.9 Å². The van der Waals surface area contributed by atoms with Crippen LogP contribution in [0.2, 0.25) is 0 Å². The fourth-order valence-electron chi connectivity index (χ4n) is 1.57. The lowest BCUT2D eigenvalue weighted by Gasteiger charge is -2.05. The zero-order valence-electron chi connectivity index (χ0n) is 10.00. The number of nitrogens with zero attached hydrogens (tertiary/aromatic N) is 2. The Morgan fingerprint density at radius 1 is 1.47 bits per heavy atom. The van der Waals surface area contributed by atoms with Crippen LogP contribution in [0, 0.1) is 11.3 Å². The van der Waals surface area contributed by atoms with Crippen LogP contribution in [0.15, 0.2) is 40.6 Å². The number of anilines is 1. The average molecular weight is 273 g/mol. The summed E-state index contributed by atoms with van der Waals surface area (Å²) in [5.41, 5.74) is 1.08. The first-order valence-corrected chi connectivity index (χ1v) is 6.51. The molecule has 0 fully saturated rings. The van der Waals surface area contributed by atoms with Gasteiger partial charge in [0.1, 0.15) is 0 Å². The van der Waals surface area contributed by atoms with E-state index in [1.54, 1.807) is 35.8 Å². The van der Waals surface area contributed by atoms with Crippen molar-refractivity contribution < 1.29 is 4.79 Å². The van der Waals surface area contributed by atoms with E-state index in [0.717, 1.165) is 11.3 Å². The summed E-state index contributed by atoms with van der Waals surface area (Å²) in [6, 6.07) is 8.70. The lowest BCUT2D eigenvalue weighted by molar-refractivity contribution is -0.116. The van der Waals surface area contributed by atoms with Gasteiger partial charge < -0.3 is 9.88 Å². The highest BCUT2D eigenvalue weighted by Crippen LogP contribution is 2.10. The van der Waals surface area contributed by atoms with Crippen molar-refractivity contribution in [2.75, 3.05) is 5.32 Å². The first-order valence-electron chi connectivity index (χ1n) is 5.63. The van der Waals surface area contributed by atoms with Crippen LogP contribution >= 0.6 is 11.3 Å². The molecule has 0 spiro atoms. The average Bonchev–Trinajstić information content (AvgIpc) is 2.82. The summed E-state index contributed by atoms with van der Waals surface area (Å²) in [6.07, 6.45) is 1.88. The van der Waals surface area contributed by atoms with Crippen LogP contribution in [0.5, 0.6) is 0 Å². The molecule has 0 bridgehead atoms. The van der Waals surface area contributed by atoms with Gasteiger partial charge in [0.25, 0.3) is 0 Å². The Labute approximate surface area is 113 Å². The number of hydrogen-bond acceptors (Lipinski definition) is 4. The second-order valence-electron chi connectivity index (χ2n) is 3.85. The van der Waals surface area contributed by atoms with E-state index in [4.69, 9.17) is 5.26 Å². The van der Waals surface area contributed by atoms with Crippen molar-refractivity contribution in [2.45, 2.75) is 13.0 Å². The summed E-state index contributed by atoms with van der Waals surface area (Å²) in [5.74, 6) is -0.187. The number of hydrogen-bond donors (Lipinski definition) is 1. The van der Waals surface area contributed by atoms with Gasteiger partial charge in [-0.05, 0) is 18.2 Å². The second kappa shape index (κ2) is 5.98. The van der Waals surface area contributed by atoms with Crippen LogP contribution in [0.4, 0.5) is 5.69 Å². The molecule has 0 saturated carbocycles. The normalized spacial score (nSPS) is 9.84. The van der Waals surface area contributed by atoms with Gasteiger partial charge in [0.15, 0.2) is 0 Å². The first-order chi connectivity index (χ1) is 9.19. The number of benzene rings is 1. The van der Waals surface area contributed by atoms with Gasteiger partial charge in [0.05, 0.1) is 11.6 Å². The van der Waals surface area contributed by atoms with Crippen molar-refractivity contribution in [1.29, 1.82) is 5.26 Å². The number of rotatable bonds is 4. The molecule has 2 rings (SSSR count). The van der Waals surface area contributed by atoms with Gasteiger partial charge in [0.2, 0.25) is 5.91 Å². The Hall–Kier alpha value is -2.39. The van der Waals surface area contributed by atoms with Crippen LogP contribution in [0.1, 0.15) is 12.0 Å². The molecule has 0 unspecified atom stereocenters. The zero-order chi connectivity index (χ0) is 13.7. The molecule has 2 aromatic rings. The molecule has 1 N–H and O–H groups in total. The Morgan fingerprint density at radius 3 is 3.00 bits per heavy atom. The van der Waals surface area contributed by atoms with Gasteiger partial charge in [0, 0.05) is 30.2 Å². The van der Waals surface area contributed by atoms with E-state index in [1.807, 2.05) is 6.07 Å². The van der Waals surface area contributed by atoms with E-state index >= 15 is 0 Å². The molecule has 0 aliphatic heterocycles. The van der Waals surface area contributed by atoms with Crippen LogP contribution < -0.4 is 10.2 Å². The van der Waals surface area contributed by atoms with Crippen molar-refractivity contribution in [2.24, 2.45) is 0 Å². The summed E-state index contributed by atoms with van der Waals surface area (Å²) >= 11 is 1.10. The maximum absolute atomic E-state index is 11.7. The molecule has 1 aromatic heterocycles. The molecule has 1 amide bonds. The fraction of sp³-hybridized carbons (Fsp3) is 0.154. The maximum atomic E-state index is 11.7. The van der Waals surface area contributed by atoms with E-state index in [-0.39, 0.29) is 17.2 Å². The number of aromatic nitrogens is 1. The minimum atomic E-state index is -0.187. The molecule has 1 aromatic carbocycles. The van der Waals surface area contributed by atoms with Gasteiger partial charge in [-0.3, -0.25) is 9.59 Å². The molecular weight excluding hydrogens is 262 g/mol. The molecular formula is C13H11N3O2S. The van der Waals surface area contributed by atoms with E-state index in [9.17, 15) is 9.59 Å².